The first kappa shape index (κ1) is 15.4. The highest BCUT2D eigenvalue weighted by atomic mass is 19.4. The largest absolute Gasteiger partial charge is 0.433 e. The molecule has 1 spiro atoms. The van der Waals surface area contributed by atoms with Crippen molar-refractivity contribution in [2.45, 2.75) is 24.6 Å². The highest BCUT2D eigenvalue weighted by Gasteiger charge is 2.60. The Balaban J connectivity index is 1.39. The minimum absolute atomic E-state index is 0.0350. The van der Waals surface area contributed by atoms with Crippen molar-refractivity contribution in [3.63, 3.8) is 0 Å². The van der Waals surface area contributed by atoms with E-state index in [9.17, 15) is 18.3 Å². The van der Waals surface area contributed by atoms with E-state index in [2.05, 4.69) is 9.97 Å². The average molecular weight is 335 g/mol. The number of pyridine rings is 2. The number of aliphatic hydroxyl groups is 1. The van der Waals surface area contributed by atoms with Gasteiger partial charge in [0.25, 0.3) is 0 Å². The molecule has 2 fully saturated rings. The van der Waals surface area contributed by atoms with E-state index in [-0.39, 0.29) is 5.41 Å². The number of alkyl halides is 3. The lowest BCUT2D eigenvalue weighted by Crippen LogP contribution is -2.67. The average Bonchev–Trinajstić information content (AvgIpc) is 2.50. The number of anilines is 1. The number of halogens is 3. The van der Waals surface area contributed by atoms with Gasteiger partial charge in [-0.2, -0.15) is 13.2 Å². The highest BCUT2D eigenvalue weighted by Crippen LogP contribution is 2.58. The van der Waals surface area contributed by atoms with Crippen LogP contribution in [0.3, 0.4) is 0 Å². The summed E-state index contributed by atoms with van der Waals surface area (Å²) in [5.74, 6) is 0. The highest BCUT2D eigenvalue weighted by molar-refractivity contribution is 5.50. The number of nitrogens with zero attached hydrogens (tertiary/aromatic N) is 3. The third kappa shape index (κ3) is 2.43. The summed E-state index contributed by atoms with van der Waals surface area (Å²) in [6, 6.07) is 6.14. The van der Waals surface area contributed by atoms with Gasteiger partial charge in [0.1, 0.15) is 5.69 Å². The molecule has 0 unspecified atom stereocenters. The van der Waals surface area contributed by atoms with E-state index in [0.29, 0.717) is 18.5 Å². The molecule has 1 aliphatic carbocycles. The summed E-state index contributed by atoms with van der Waals surface area (Å²) < 4.78 is 37.6. The second-order valence-corrected chi connectivity index (χ2v) is 6.88. The van der Waals surface area contributed by atoms with Crippen LogP contribution in [0.15, 0.2) is 42.9 Å². The molecule has 2 aromatic rings. The van der Waals surface area contributed by atoms with Gasteiger partial charge in [-0.1, -0.05) is 6.07 Å². The third-order valence-electron chi connectivity index (χ3n) is 4.99. The Morgan fingerprint density at radius 1 is 1.08 bits per heavy atom. The monoisotopic (exact) mass is 335 g/mol. The van der Waals surface area contributed by atoms with Gasteiger partial charge in [-0.3, -0.25) is 4.98 Å². The summed E-state index contributed by atoms with van der Waals surface area (Å²) in [7, 11) is 0. The van der Waals surface area contributed by atoms with E-state index >= 15 is 0 Å². The molecule has 24 heavy (non-hydrogen) atoms. The molecule has 1 N–H and O–H groups in total. The first-order chi connectivity index (χ1) is 11.3. The van der Waals surface area contributed by atoms with E-state index in [1.807, 2.05) is 11.0 Å². The van der Waals surface area contributed by atoms with Crippen molar-refractivity contribution in [2.24, 2.45) is 5.41 Å². The number of hydrogen-bond acceptors (Lipinski definition) is 4. The molecule has 0 atom stereocenters. The van der Waals surface area contributed by atoms with Crippen molar-refractivity contribution in [3.05, 3.63) is 54.1 Å². The summed E-state index contributed by atoms with van der Waals surface area (Å²) in [4.78, 5) is 9.54. The number of rotatable bonds is 2. The molecule has 1 saturated heterocycles. The fourth-order valence-corrected chi connectivity index (χ4v) is 3.94. The normalized spacial score (nSPS) is 21.2. The van der Waals surface area contributed by atoms with E-state index < -0.39 is 17.5 Å². The van der Waals surface area contributed by atoms with Crippen LogP contribution < -0.4 is 4.90 Å². The van der Waals surface area contributed by atoms with Crippen LogP contribution in [0.1, 0.15) is 24.1 Å². The quantitative estimate of drug-likeness (QED) is 0.917. The second-order valence-electron chi connectivity index (χ2n) is 6.88. The molecule has 2 aromatic heterocycles. The molecule has 0 amide bonds. The lowest BCUT2D eigenvalue weighted by Gasteiger charge is -2.63. The summed E-state index contributed by atoms with van der Waals surface area (Å²) in [6.07, 6.45) is 1.50. The number of aromatic nitrogens is 2. The number of hydrogen-bond donors (Lipinski definition) is 1. The maximum atomic E-state index is 12.5. The van der Waals surface area contributed by atoms with Crippen LogP contribution in [-0.4, -0.2) is 28.2 Å². The van der Waals surface area contributed by atoms with Gasteiger partial charge in [0.15, 0.2) is 0 Å². The van der Waals surface area contributed by atoms with Gasteiger partial charge in [-0.15, -0.1) is 0 Å². The van der Waals surface area contributed by atoms with Crippen molar-refractivity contribution in [3.8, 4) is 0 Å². The Morgan fingerprint density at radius 3 is 2.38 bits per heavy atom. The van der Waals surface area contributed by atoms with Crippen LogP contribution in [0, 0.1) is 5.41 Å². The maximum Gasteiger partial charge on any atom is 0.433 e. The van der Waals surface area contributed by atoms with Crippen molar-refractivity contribution >= 4 is 5.69 Å². The Morgan fingerprint density at radius 2 is 1.83 bits per heavy atom. The lowest BCUT2D eigenvalue weighted by molar-refractivity contribution is -0.146. The lowest BCUT2D eigenvalue weighted by atomic mass is 9.53. The van der Waals surface area contributed by atoms with Gasteiger partial charge in [-0.05, 0) is 31.0 Å². The predicted octanol–water partition coefficient (Wildman–Crippen LogP) is 2.98. The second kappa shape index (κ2) is 4.92. The molecule has 0 bridgehead atoms. The van der Waals surface area contributed by atoms with E-state index in [4.69, 9.17) is 0 Å². The Bertz CT molecular complexity index is 732. The first-order valence-electron chi connectivity index (χ1n) is 7.71. The molecule has 1 aliphatic heterocycles. The van der Waals surface area contributed by atoms with Gasteiger partial charge >= 0.3 is 6.18 Å². The first-order valence-corrected chi connectivity index (χ1v) is 7.71. The Hall–Kier alpha value is -2.15. The zero-order chi connectivity index (χ0) is 17.0. The molecule has 2 aliphatic rings. The summed E-state index contributed by atoms with van der Waals surface area (Å²) in [5.41, 5.74) is -0.168. The van der Waals surface area contributed by atoms with E-state index in [1.165, 1.54) is 12.3 Å². The third-order valence-corrected chi connectivity index (χ3v) is 4.99. The molecular weight excluding hydrogens is 319 g/mol. The summed E-state index contributed by atoms with van der Waals surface area (Å²) >= 11 is 0. The molecule has 3 heterocycles. The fraction of sp³-hybridized carbons (Fsp3) is 0.412. The smallest absolute Gasteiger partial charge is 0.385 e. The van der Waals surface area contributed by atoms with Crippen molar-refractivity contribution in [1.82, 2.24) is 9.97 Å². The van der Waals surface area contributed by atoms with Crippen LogP contribution in [0.25, 0.3) is 0 Å². The molecule has 4 rings (SSSR count). The molecular formula is C17H16F3N3O. The summed E-state index contributed by atoms with van der Waals surface area (Å²) in [6.45, 7) is 1.45. The van der Waals surface area contributed by atoms with Crippen LogP contribution in [0.4, 0.5) is 18.9 Å². The zero-order valence-corrected chi connectivity index (χ0v) is 12.8. The van der Waals surface area contributed by atoms with Gasteiger partial charge in [0.2, 0.25) is 0 Å². The minimum atomic E-state index is -4.41. The van der Waals surface area contributed by atoms with Crippen molar-refractivity contribution < 1.29 is 18.3 Å². The van der Waals surface area contributed by atoms with E-state index in [1.54, 1.807) is 18.5 Å². The van der Waals surface area contributed by atoms with Crippen LogP contribution in [0.2, 0.25) is 0 Å². The van der Waals surface area contributed by atoms with Gasteiger partial charge in [-0.25, -0.2) is 4.98 Å². The zero-order valence-electron chi connectivity index (χ0n) is 12.8. The van der Waals surface area contributed by atoms with Crippen LogP contribution in [-0.2, 0) is 11.8 Å². The van der Waals surface area contributed by atoms with Crippen LogP contribution >= 0.6 is 0 Å². The molecule has 126 valence electrons. The Kier molecular flexibility index (Phi) is 3.16. The predicted molar refractivity (Wildman–Crippen MR) is 81.3 cm³/mol. The van der Waals surface area contributed by atoms with Crippen LogP contribution in [0.5, 0.6) is 0 Å². The van der Waals surface area contributed by atoms with Gasteiger partial charge in [0.05, 0.1) is 17.5 Å². The Labute approximate surface area is 137 Å². The minimum Gasteiger partial charge on any atom is -0.385 e. The fourth-order valence-electron chi connectivity index (χ4n) is 3.94. The van der Waals surface area contributed by atoms with Crippen molar-refractivity contribution in [2.75, 3.05) is 18.0 Å². The molecule has 7 heteroatoms. The topological polar surface area (TPSA) is 49.3 Å². The molecule has 1 saturated carbocycles. The standard InChI is InChI=1S/C17H16F3N3O/c18-17(19,20)14-4-3-13(7-22-14)23-10-15(11-23)8-16(24,9-15)12-2-1-5-21-6-12/h1-7,24H,8-11H2. The van der Waals surface area contributed by atoms with Gasteiger partial charge < -0.3 is 10.0 Å². The molecule has 0 radical (unpaired) electrons. The molecule has 0 aromatic carbocycles. The van der Waals surface area contributed by atoms with E-state index in [0.717, 1.165) is 24.7 Å². The summed E-state index contributed by atoms with van der Waals surface area (Å²) in [5, 5.41) is 10.7. The maximum absolute atomic E-state index is 12.5. The van der Waals surface area contributed by atoms with Crippen molar-refractivity contribution in [1.29, 1.82) is 0 Å². The van der Waals surface area contributed by atoms with Gasteiger partial charge in [0, 0.05) is 36.5 Å². The SMILES string of the molecule is OC1(c2cccnc2)CC2(CN(c3ccc(C(F)(F)F)nc3)C2)C1. The molecule has 4 nitrogen and oxygen atoms in total.